The highest BCUT2D eigenvalue weighted by Gasteiger charge is 2.16. The van der Waals surface area contributed by atoms with Crippen molar-refractivity contribution in [3.05, 3.63) is 24.3 Å². The summed E-state index contributed by atoms with van der Waals surface area (Å²) >= 11 is 0. The number of aliphatic hydroxyl groups is 1. The molecule has 0 radical (unpaired) electrons. The van der Waals surface area contributed by atoms with Gasteiger partial charge < -0.3 is 14.6 Å². The first-order valence-electron chi connectivity index (χ1n) is 18.8. The fourth-order valence-electron chi connectivity index (χ4n) is 5.30. The van der Waals surface area contributed by atoms with E-state index in [1.807, 2.05) is 12.2 Å². The molecule has 0 bridgehead atoms. The molecule has 0 spiro atoms. The molecule has 0 aromatic carbocycles. The lowest BCUT2D eigenvalue weighted by Crippen LogP contribution is -2.28. The molecule has 0 heterocycles. The van der Waals surface area contributed by atoms with E-state index in [0.717, 1.165) is 57.8 Å². The highest BCUT2D eigenvalue weighted by Crippen LogP contribution is 2.14. The molecule has 0 rings (SSSR count). The van der Waals surface area contributed by atoms with Crippen molar-refractivity contribution in [2.75, 3.05) is 13.2 Å². The van der Waals surface area contributed by atoms with E-state index in [0.29, 0.717) is 19.3 Å². The van der Waals surface area contributed by atoms with E-state index in [4.69, 9.17) is 9.47 Å². The zero-order chi connectivity index (χ0) is 33.1. The van der Waals surface area contributed by atoms with Crippen LogP contribution in [0.2, 0.25) is 0 Å². The van der Waals surface area contributed by atoms with Gasteiger partial charge in [0.05, 0.1) is 6.61 Å². The average Bonchev–Trinajstić information content (AvgIpc) is 3.03. The number of hydrogen-bond donors (Lipinski definition) is 1. The van der Waals surface area contributed by atoms with Gasteiger partial charge in [-0.1, -0.05) is 154 Å². The molecule has 0 saturated carbocycles. The summed E-state index contributed by atoms with van der Waals surface area (Å²) in [7, 11) is 0. The second-order valence-electron chi connectivity index (χ2n) is 12.7. The molecule has 1 N–H and O–H groups in total. The van der Waals surface area contributed by atoms with Gasteiger partial charge in [-0.05, 0) is 38.2 Å². The van der Waals surface area contributed by atoms with Gasteiger partial charge in [-0.25, -0.2) is 0 Å². The molecule has 0 aliphatic rings. The summed E-state index contributed by atoms with van der Waals surface area (Å²) in [5.41, 5.74) is 0. The number of esters is 2. The number of unbranched alkanes of at least 4 members (excludes halogenated alkanes) is 21. The molecule has 0 saturated heterocycles. The fourth-order valence-corrected chi connectivity index (χ4v) is 5.30. The van der Waals surface area contributed by atoms with Crippen LogP contribution in [0.25, 0.3) is 0 Å². The topological polar surface area (TPSA) is 89.9 Å². The second-order valence-corrected chi connectivity index (χ2v) is 12.7. The lowest BCUT2D eigenvalue weighted by atomic mass is 10.0. The van der Waals surface area contributed by atoms with Crippen molar-refractivity contribution >= 4 is 17.7 Å². The molecule has 6 heteroatoms. The largest absolute Gasteiger partial charge is 0.462 e. The first-order valence-corrected chi connectivity index (χ1v) is 18.8. The molecule has 6 nitrogen and oxygen atoms in total. The maximum absolute atomic E-state index is 12.1. The van der Waals surface area contributed by atoms with Crippen LogP contribution in [0.5, 0.6) is 0 Å². The maximum atomic E-state index is 12.1. The number of aliphatic hydroxyl groups excluding tert-OH is 1. The Balaban J connectivity index is 3.64. The minimum absolute atomic E-state index is 0.108. The molecular weight excluding hydrogens is 564 g/mol. The monoisotopic (exact) mass is 635 g/mol. The minimum Gasteiger partial charge on any atom is -0.462 e. The number of carbonyl (C=O) groups excluding carboxylic acids is 3. The first-order chi connectivity index (χ1) is 22.0. The maximum Gasteiger partial charge on any atom is 0.306 e. The van der Waals surface area contributed by atoms with Crippen LogP contribution in [0.4, 0.5) is 0 Å². The van der Waals surface area contributed by atoms with E-state index in [9.17, 15) is 19.5 Å². The minimum atomic E-state index is -0.805. The van der Waals surface area contributed by atoms with Crippen molar-refractivity contribution in [3.8, 4) is 0 Å². The van der Waals surface area contributed by atoms with E-state index in [-0.39, 0.29) is 30.9 Å². The summed E-state index contributed by atoms with van der Waals surface area (Å²) in [5, 5.41) is 9.53. The van der Waals surface area contributed by atoms with Crippen molar-refractivity contribution in [2.45, 2.75) is 193 Å². The van der Waals surface area contributed by atoms with Crippen molar-refractivity contribution in [1.29, 1.82) is 0 Å². The van der Waals surface area contributed by atoms with E-state index >= 15 is 0 Å². The Morgan fingerprint density at radius 1 is 0.556 bits per heavy atom. The summed E-state index contributed by atoms with van der Waals surface area (Å²) in [6.45, 7) is 3.99. The van der Waals surface area contributed by atoms with Crippen LogP contribution in [0, 0.1) is 0 Å². The summed E-state index contributed by atoms with van der Waals surface area (Å²) in [6, 6.07) is 0. The zero-order valence-electron chi connectivity index (χ0n) is 29.4. The molecule has 0 aromatic rings. The third-order valence-corrected chi connectivity index (χ3v) is 8.22. The Kier molecular flexibility index (Phi) is 33.4. The third-order valence-electron chi connectivity index (χ3n) is 8.22. The number of carbonyl (C=O) groups is 3. The fraction of sp³-hybridized carbons (Fsp3) is 0.821. The molecule has 0 amide bonds. The standard InChI is InChI=1S/C39H70O6/c1-3-5-7-9-11-12-13-14-15-16-17-18-20-24-29-33-39(43)45-37(34-40)35-44-38(42)32-28-25-21-23-27-31-36(41)30-26-22-19-10-8-6-4-2/h19,22,26,30,37,40H,3-18,20-21,23-25,27-29,31-35H2,1-2H3/b22-19-,30-26+/t37-/m0/s1. The Labute approximate surface area is 277 Å². The molecule has 0 unspecified atom stereocenters. The molecular formula is C39H70O6. The van der Waals surface area contributed by atoms with Crippen LogP contribution >= 0.6 is 0 Å². The van der Waals surface area contributed by atoms with Gasteiger partial charge >= 0.3 is 11.9 Å². The second kappa shape index (κ2) is 34.9. The van der Waals surface area contributed by atoms with Crippen molar-refractivity contribution < 1.29 is 29.0 Å². The summed E-state index contributed by atoms with van der Waals surface area (Å²) in [6.07, 6.45) is 36.2. The highest BCUT2D eigenvalue weighted by molar-refractivity contribution is 5.89. The predicted molar refractivity (Wildman–Crippen MR) is 187 cm³/mol. The van der Waals surface area contributed by atoms with E-state index in [1.165, 1.54) is 96.3 Å². The molecule has 1 atom stereocenters. The Morgan fingerprint density at radius 3 is 1.51 bits per heavy atom. The van der Waals surface area contributed by atoms with Crippen LogP contribution in [0.3, 0.4) is 0 Å². The molecule has 45 heavy (non-hydrogen) atoms. The van der Waals surface area contributed by atoms with Crippen molar-refractivity contribution in [3.63, 3.8) is 0 Å². The number of ether oxygens (including phenoxy) is 2. The lowest BCUT2D eigenvalue weighted by Gasteiger charge is -2.15. The molecule has 262 valence electrons. The Bertz CT molecular complexity index is 744. The van der Waals surface area contributed by atoms with Gasteiger partial charge in [-0.15, -0.1) is 0 Å². The van der Waals surface area contributed by atoms with Gasteiger partial charge in [-0.2, -0.15) is 0 Å². The SMILES string of the molecule is CCCCC/C=C\C=C\C(=O)CCCCCCCC(=O)OC[C@H](CO)OC(=O)CCCCCCCCCCCCCCCCC. The Morgan fingerprint density at radius 2 is 1.00 bits per heavy atom. The first kappa shape index (κ1) is 43.0. The normalized spacial score (nSPS) is 12.2. The van der Waals surface area contributed by atoms with Crippen molar-refractivity contribution in [1.82, 2.24) is 0 Å². The van der Waals surface area contributed by atoms with Gasteiger partial charge in [0.1, 0.15) is 6.61 Å². The average molecular weight is 635 g/mol. The van der Waals surface area contributed by atoms with Crippen LogP contribution in [-0.4, -0.2) is 42.1 Å². The van der Waals surface area contributed by atoms with E-state index < -0.39 is 6.10 Å². The number of rotatable bonds is 34. The number of ketones is 1. The van der Waals surface area contributed by atoms with Gasteiger partial charge in [0, 0.05) is 19.3 Å². The number of hydrogen-bond acceptors (Lipinski definition) is 6. The van der Waals surface area contributed by atoms with Crippen LogP contribution in [0.15, 0.2) is 24.3 Å². The molecule has 0 aliphatic heterocycles. The van der Waals surface area contributed by atoms with Crippen LogP contribution < -0.4 is 0 Å². The molecule has 0 aliphatic carbocycles. The van der Waals surface area contributed by atoms with Crippen LogP contribution in [-0.2, 0) is 23.9 Å². The van der Waals surface area contributed by atoms with Gasteiger partial charge in [0.25, 0.3) is 0 Å². The van der Waals surface area contributed by atoms with Crippen LogP contribution in [0.1, 0.15) is 187 Å². The third kappa shape index (κ3) is 33.2. The smallest absolute Gasteiger partial charge is 0.306 e. The summed E-state index contributed by atoms with van der Waals surface area (Å²) in [4.78, 5) is 36.1. The summed E-state index contributed by atoms with van der Waals surface area (Å²) < 4.78 is 10.5. The van der Waals surface area contributed by atoms with E-state index in [2.05, 4.69) is 19.9 Å². The molecule has 0 aromatic heterocycles. The predicted octanol–water partition coefficient (Wildman–Crippen LogP) is 10.7. The zero-order valence-corrected chi connectivity index (χ0v) is 29.4. The van der Waals surface area contributed by atoms with Crippen molar-refractivity contribution in [2.24, 2.45) is 0 Å². The van der Waals surface area contributed by atoms with Gasteiger partial charge in [0.2, 0.25) is 0 Å². The van der Waals surface area contributed by atoms with Gasteiger partial charge in [-0.3, -0.25) is 14.4 Å². The Hall–Kier alpha value is -1.95. The van der Waals surface area contributed by atoms with Gasteiger partial charge in [0.15, 0.2) is 11.9 Å². The lowest BCUT2D eigenvalue weighted by molar-refractivity contribution is -0.161. The number of allylic oxidation sites excluding steroid dienone is 4. The molecule has 0 fully saturated rings. The van der Waals surface area contributed by atoms with E-state index in [1.54, 1.807) is 6.08 Å². The summed E-state index contributed by atoms with van der Waals surface area (Å²) in [5.74, 6) is -0.520. The quantitative estimate of drug-likeness (QED) is 0.0328. The highest BCUT2D eigenvalue weighted by atomic mass is 16.6.